The monoisotopic (exact) mass is 278 g/mol. The van der Waals surface area contributed by atoms with E-state index < -0.39 is 0 Å². The van der Waals surface area contributed by atoms with Gasteiger partial charge >= 0.3 is 0 Å². The molecule has 16 heavy (non-hydrogen) atoms. The summed E-state index contributed by atoms with van der Waals surface area (Å²) < 4.78 is 0. The summed E-state index contributed by atoms with van der Waals surface area (Å²) in [5, 5.41) is 7.19. The Morgan fingerprint density at radius 1 is 1.38 bits per heavy atom. The highest BCUT2D eigenvalue weighted by molar-refractivity contribution is 8.13. The van der Waals surface area contributed by atoms with Gasteiger partial charge in [-0.3, -0.25) is 5.41 Å². The van der Waals surface area contributed by atoms with E-state index in [0.29, 0.717) is 5.75 Å². The van der Waals surface area contributed by atoms with Crippen molar-refractivity contribution in [2.24, 2.45) is 5.73 Å². The van der Waals surface area contributed by atoms with Crippen molar-refractivity contribution in [3.63, 3.8) is 0 Å². The number of thioether (sulfide) groups is 1. The third kappa shape index (κ3) is 3.59. The van der Waals surface area contributed by atoms with Crippen LogP contribution in [0.2, 0.25) is 0 Å². The minimum Gasteiger partial charge on any atom is -0.379 e. The van der Waals surface area contributed by atoms with Crippen molar-refractivity contribution in [1.29, 1.82) is 5.41 Å². The van der Waals surface area contributed by atoms with Crippen LogP contribution in [0.3, 0.4) is 0 Å². The fourth-order valence-corrected chi connectivity index (χ4v) is 1.65. The number of nitrogens with two attached hydrogens (primary N) is 1. The minimum atomic E-state index is 0. The van der Waals surface area contributed by atoms with Gasteiger partial charge in [-0.05, 0) is 12.1 Å². The number of hydrogen-bond donors (Lipinski definition) is 3. The molecule has 1 aromatic heterocycles. The lowest BCUT2D eigenvalue weighted by molar-refractivity contribution is 1.14. The number of aromatic nitrogens is 2. The predicted octanol–water partition coefficient (Wildman–Crippen LogP) is 2.53. The Labute approximate surface area is 110 Å². The number of rotatable bonds is 2. The summed E-state index contributed by atoms with van der Waals surface area (Å²) in [6, 6.07) is 7.84. The second kappa shape index (κ2) is 6.62. The Morgan fingerprint density at radius 2 is 2.06 bits per heavy atom. The van der Waals surface area contributed by atoms with E-state index >= 15 is 0 Å². The summed E-state index contributed by atoms with van der Waals surface area (Å²) in [6.45, 7) is 0. The van der Waals surface area contributed by atoms with Crippen LogP contribution in [0.15, 0.2) is 24.3 Å². The average Bonchev–Trinajstić information content (AvgIpc) is 2.57. The molecule has 1 aromatic carbocycles. The predicted molar refractivity (Wildman–Crippen MR) is 73.8 cm³/mol. The van der Waals surface area contributed by atoms with Crippen LogP contribution in [-0.2, 0) is 5.75 Å². The normalized spacial score (nSPS) is 9.25. The molecule has 88 valence electrons. The summed E-state index contributed by atoms with van der Waals surface area (Å²) in [5.74, 6) is 1.47. The Balaban J connectivity index is 0.00000112. The van der Waals surface area contributed by atoms with E-state index in [1.807, 2.05) is 24.3 Å². The SMILES string of the molecule is Cl.Cl.N=C(N)SCc1nc2ccccc2[nH]1. The van der Waals surface area contributed by atoms with E-state index in [1.165, 1.54) is 11.8 Å². The van der Waals surface area contributed by atoms with Crippen LogP contribution < -0.4 is 5.73 Å². The molecular weight excluding hydrogens is 267 g/mol. The lowest BCUT2D eigenvalue weighted by Gasteiger charge is -1.93. The quantitative estimate of drug-likeness (QED) is 0.584. The van der Waals surface area contributed by atoms with Crippen LogP contribution in [0.25, 0.3) is 11.0 Å². The first-order valence-corrected chi connectivity index (χ1v) is 5.15. The van der Waals surface area contributed by atoms with Crippen molar-refractivity contribution in [1.82, 2.24) is 9.97 Å². The molecule has 0 spiro atoms. The number of nitrogens with one attached hydrogen (secondary N) is 2. The molecule has 0 aliphatic rings. The van der Waals surface area contributed by atoms with Crippen LogP contribution in [0.1, 0.15) is 5.82 Å². The second-order valence-corrected chi connectivity index (χ2v) is 3.87. The molecule has 0 unspecified atom stereocenters. The maximum Gasteiger partial charge on any atom is 0.151 e. The van der Waals surface area contributed by atoms with Crippen molar-refractivity contribution in [2.75, 3.05) is 0 Å². The summed E-state index contributed by atoms with van der Waals surface area (Å²) in [7, 11) is 0. The van der Waals surface area contributed by atoms with Crippen molar-refractivity contribution in [2.45, 2.75) is 5.75 Å². The summed E-state index contributed by atoms with van der Waals surface area (Å²) in [5.41, 5.74) is 7.21. The van der Waals surface area contributed by atoms with E-state index in [4.69, 9.17) is 11.1 Å². The van der Waals surface area contributed by atoms with Gasteiger partial charge in [0.15, 0.2) is 5.17 Å². The highest BCUT2D eigenvalue weighted by Gasteiger charge is 2.02. The van der Waals surface area contributed by atoms with Crippen molar-refractivity contribution < 1.29 is 0 Å². The molecule has 2 rings (SSSR count). The van der Waals surface area contributed by atoms with E-state index in [0.717, 1.165) is 16.9 Å². The number of amidine groups is 1. The molecule has 0 aliphatic heterocycles. The fourth-order valence-electron chi connectivity index (χ4n) is 1.22. The summed E-state index contributed by atoms with van der Waals surface area (Å²) >= 11 is 1.27. The third-order valence-corrected chi connectivity index (χ3v) is 2.53. The first-order valence-electron chi connectivity index (χ1n) is 4.16. The lowest BCUT2D eigenvalue weighted by atomic mass is 10.3. The highest BCUT2D eigenvalue weighted by atomic mass is 35.5. The number of benzene rings is 1. The standard InChI is InChI=1S/C9H10N4S.2ClH/c10-9(11)14-5-8-12-6-3-1-2-4-7(6)13-8;;/h1-4H,5H2,(H3,10,11)(H,12,13);2*1H. The molecular formula is C9H12Cl2N4S. The number of para-hydroxylation sites is 2. The molecule has 0 saturated carbocycles. The Hall–Kier alpha value is -0.910. The molecule has 7 heteroatoms. The maximum atomic E-state index is 7.08. The van der Waals surface area contributed by atoms with Gasteiger partial charge in [0.05, 0.1) is 16.8 Å². The zero-order valence-corrected chi connectivity index (χ0v) is 10.7. The molecule has 0 bridgehead atoms. The molecule has 0 atom stereocenters. The topological polar surface area (TPSA) is 78.6 Å². The molecule has 0 radical (unpaired) electrons. The number of nitrogens with zero attached hydrogens (tertiary/aromatic N) is 1. The first-order chi connectivity index (χ1) is 6.75. The molecule has 0 aliphatic carbocycles. The van der Waals surface area contributed by atoms with Gasteiger partial charge in [-0.2, -0.15) is 0 Å². The number of imidazole rings is 1. The van der Waals surface area contributed by atoms with E-state index in [1.54, 1.807) is 0 Å². The lowest BCUT2D eigenvalue weighted by Crippen LogP contribution is -2.04. The zero-order chi connectivity index (χ0) is 9.97. The van der Waals surface area contributed by atoms with Crippen LogP contribution >= 0.6 is 36.6 Å². The van der Waals surface area contributed by atoms with Gasteiger partial charge in [-0.15, -0.1) is 24.8 Å². The highest BCUT2D eigenvalue weighted by Crippen LogP contribution is 2.14. The van der Waals surface area contributed by atoms with Crippen molar-refractivity contribution in [3.05, 3.63) is 30.1 Å². The van der Waals surface area contributed by atoms with Gasteiger partial charge < -0.3 is 10.7 Å². The molecule has 0 saturated heterocycles. The Bertz CT molecular complexity index is 438. The van der Waals surface area contributed by atoms with E-state index in [-0.39, 0.29) is 30.0 Å². The fraction of sp³-hybridized carbons (Fsp3) is 0.111. The first kappa shape index (κ1) is 15.1. The minimum absolute atomic E-state index is 0. The number of H-pyrrole nitrogens is 1. The molecule has 0 amide bonds. The van der Waals surface area contributed by atoms with Gasteiger partial charge in [0.1, 0.15) is 5.82 Å². The molecule has 1 heterocycles. The maximum absolute atomic E-state index is 7.08. The summed E-state index contributed by atoms with van der Waals surface area (Å²) in [6.07, 6.45) is 0. The number of halogens is 2. The number of hydrogen-bond acceptors (Lipinski definition) is 3. The van der Waals surface area contributed by atoms with Gasteiger partial charge in [0.25, 0.3) is 0 Å². The van der Waals surface area contributed by atoms with E-state index in [2.05, 4.69) is 9.97 Å². The summed E-state index contributed by atoms with van der Waals surface area (Å²) in [4.78, 5) is 7.52. The second-order valence-electron chi connectivity index (χ2n) is 2.85. The van der Waals surface area contributed by atoms with Crippen molar-refractivity contribution in [3.8, 4) is 0 Å². The van der Waals surface area contributed by atoms with Crippen LogP contribution in [0.5, 0.6) is 0 Å². The van der Waals surface area contributed by atoms with Crippen molar-refractivity contribution >= 4 is 52.8 Å². The van der Waals surface area contributed by atoms with Crippen LogP contribution in [0, 0.1) is 5.41 Å². The Morgan fingerprint density at radius 3 is 2.69 bits per heavy atom. The Kier molecular flexibility index (Phi) is 6.25. The van der Waals surface area contributed by atoms with Crippen LogP contribution in [0.4, 0.5) is 0 Å². The van der Waals surface area contributed by atoms with Gasteiger partial charge in [-0.25, -0.2) is 4.98 Å². The number of aromatic amines is 1. The molecule has 0 fully saturated rings. The molecule has 4 nitrogen and oxygen atoms in total. The zero-order valence-electron chi connectivity index (χ0n) is 8.27. The van der Waals surface area contributed by atoms with Gasteiger partial charge in [-0.1, -0.05) is 23.9 Å². The van der Waals surface area contributed by atoms with Gasteiger partial charge in [0, 0.05) is 0 Å². The molecule has 2 aromatic rings. The largest absolute Gasteiger partial charge is 0.379 e. The molecule has 4 N–H and O–H groups in total. The van der Waals surface area contributed by atoms with Crippen LogP contribution in [-0.4, -0.2) is 15.1 Å². The number of fused-ring (bicyclic) bond motifs is 1. The van der Waals surface area contributed by atoms with Gasteiger partial charge in [0.2, 0.25) is 0 Å². The third-order valence-electron chi connectivity index (χ3n) is 1.80. The average molecular weight is 279 g/mol. The van der Waals surface area contributed by atoms with E-state index in [9.17, 15) is 0 Å². The smallest absolute Gasteiger partial charge is 0.151 e.